The van der Waals surface area contributed by atoms with Crippen LogP contribution in [0.3, 0.4) is 0 Å². The van der Waals surface area contributed by atoms with Gasteiger partial charge in [-0.25, -0.2) is 4.79 Å². The number of para-hydroxylation sites is 1. The molecule has 0 atom stereocenters. The molecule has 0 aliphatic rings. The first-order valence-electron chi connectivity index (χ1n) is 5.64. The van der Waals surface area contributed by atoms with Gasteiger partial charge in [0, 0.05) is 10.6 Å². The molecule has 1 aromatic heterocycles. The molecule has 0 saturated heterocycles. The Bertz CT molecular complexity index is 601. The third-order valence-electron chi connectivity index (χ3n) is 2.46. The van der Waals surface area contributed by atoms with E-state index in [1.807, 2.05) is 0 Å². The predicted molar refractivity (Wildman–Crippen MR) is 71.3 cm³/mol. The molecule has 0 aliphatic heterocycles. The standard InChI is InChI=1S/C13H11F2NO3S/c14-13(15)20-11-4-2-1-3-10(11)16-6-9-5-8(7-19-9)12(17)18/h1-5,7,13,16H,6H2,(H,17,18). The van der Waals surface area contributed by atoms with Crippen LogP contribution in [0, 0.1) is 0 Å². The van der Waals surface area contributed by atoms with E-state index in [2.05, 4.69) is 5.32 Å². The molecule has 0 radical (unpaired) electrons. The number of anilines is 1. The second kappa shape index (κ2) is 6.42. The summed E-state index contributed by atoms with van der Waals surface area (Å²) in [4.78, 5) is 11.1. The van der Waals surface area contributed by atoms with Gasteiger partial charge in [-0.1, -0.05) is 23.9 Å². The lowest BCUT2D eigenvalue weighted by molar-refractivity contribution is 0.0696. The minimum Gasteiger partial charge on any atom is -0.478 e. The molecule has 1 heterocycles. The van der Waals surface area contributed by atoms with Crippen molar-refractivity contribution in [1.82, 2.24) is 0 Å². The molecule has 106 valence electrons. The number of carbonyl (C=O) groups is 1. The fraction of sp³-hybridized carbons (Fsp3) is 0.154. The van der Waals surface area contributed by atoms with Gasteiger partial charge in [-0.2, -0.15) is 8.78 Å². The van der Waals surface area contributed by atoms with Gasteiger partial charge in [0.2, 0.25) is 0 Å². The Morgan fingerprint density at radius 1 is 1.40 bits per heavy atom. The maximum absolute atomic E-state index is 12.4. The maximum atomic E-state index is 12.4. The summed E-state index contributed by atoms with van der Waals surface area (Å²) < 4.78 is 29.9. The molecule has 7 heteroatoms. The van der Waals surface area contributed by atoms with Crippen LogP contribution in [-0.2, 0) is 6.54 Å². The van der Waals surface area contributed by atoms with Crippen LogP contribution in [0.25, 0.3) is 0 Å². The number of halogens is 2. The van der Waals surface area contributed by atoms with Crippen LogP contribution >= 0.6 is 11.8 Å². The predicted octanol–water partition coefficient (Wildman–Crippen LogP) is 3.90. The molecule has 1 aromatic carbocycles. The van der Waals surface area contributed by atoms with Crippen molar-refractivity contribution in [2.75, 3.05) is 5.32 Å². The van der Waals surface area contributed by atoms with Crippen LogP contribution in [0.5, 0.6) is 0 Å². The zero-order chi connectivity index (χ0) is 14.5. The van der Waals surface area contributed by atoms with Crippen LogP contribution in [0.1, 0.15) is 16.1 Å². The Morgan fingerprint density at radius 3 is 2.80 bits per heavy atom. The van der Waals surface area contributed by atoms with Crippen LogP contribution in [0.4, 0.5) is 14.5 Å². The van der Waals surface area contributed by atoms with Gasteiger partial charge in [-0.15, -0.1) is 0 Å². The van der Waals surface area contributed by atoms with E-state index < -0.39 is 11.7 Å². The molecule has 0 spiro atoms. The SMILES string of the molecule is O=C(O)c1coc(CNc2ccccc2SC(F)F)c1. The average Bonchev–Trinajstić information content (AvgIpc) is 2.86. The smallest absolute Gasteiger partial charge is 0.338 e. The van der Waals surface area contributed by atoms with Gasteiger partial charge in [0.1, 0.15) is 12.0 Å². The zero-order valence-electron chi connectivity index (χ0n) is 10.2. The minimum atomic E-state index is -2.50. The molecule has 0 amide bonds. The van der Waals surface area contributed by atoms with Gasteiger partial charge >= 0.3 is 5.97 Å². The first-order valence-corrected chi connectivity index (χ1v) is 6.52. The van der Waals surface area contributed by atoms with Crippen molar-refractivity contribution in [3.05, 3.63) is 47.9 Å². The first kappa shape index (κ1) is 14.4. The monoisotopic (exact) mass is 299 g/mol. The van der Waals surface area contributed by atoms with Crippen molar-refractivity contribution in [1.29, 1.82) is 0 Å². The summed E-state index contributed by atoms with van der Waals surface area (Å²) in [6, 6.07) is 8.04. The summed E-state index contributed by atoms with van der Waals surface area (Å²) in [5, 5.41) is 11.7. The fourth-order valence-corrected chi connectivity index (χ4v) is 2.20. The van der Waals surface area contributed by atoms with Crippen molar-refractivity contribution >= 4 is 23.4 Å². The molecule has 0 aliphatic carbocycles. The number of aromatic carboxylic acids is 1. The molecule has 2 rings (SSSR count). The Kier molecular flexibility index (Phi) is 4.62. The summed E-state index contributed by atoms with van der Waals surface area (Å²) in [6.07, 6.45) is 1.14. The minimum absolute atomic E-state index is 0.0528. The molecular weight excluding hydrogens is 288 g/mol. The first-order chi connectivity index (χ1) is 9.56. The van der Waals surface area contributed by atoms with E-state index in [0.29, 0.717) is 28.1 Å². The molecule has 4 nitrogen and oxygen atoms in total. The number of furan rings is 1. The van der Waals surface area contributed by atoms with Gasteiger partial charge in [-0.05, 0) is 18.2 Å². The number of rotatable bonds is 6. The second-order valence-electron chi connectivity index (χ2n) is 3.84. The lowest BCUT2D eigenvalue weighted by atomic mass is 10.3. The average molecular weight is 299 g/mol. The van der Waals surface area contributed by atoms with Gasteiger partial charge in [0.25, 0.3) is 5.76 Å². The van der Waals surface area contributed by atoms with Crippen molar-refractivity contribution in [2.24, 2.45) is 0 Å². The highest BCUT2D eigenvalue weighted by molar-refractivity contribution is 7.99. The molecule has 0 bridgehead atoms. The highest BCUT2D eigenvalue weighted by Crippen LogP contribution is 2.31. The molecule has 20 heavy (non-hydrogen) atoms. The summed E-state index contributed by atoms with van der Waals surface area (Å²) in [7, 11) is 0. The Labute approximate surface area is 117 Å². The highest BCUT2D eigenvalue weighted by Gasteiger charge is 2.11. The van der Waals surface area contributed by atoms with Crippen molar-refractivity contribution in [2.45, 2.75) is 17.2 Å². The van der Waals surface area contributed by atoms with E-state index in [0.717, 1.165) is 6.26 Å². The molecule has 0 unspecified atom stereocenters. The van der Waals surface area contributed by atoms with Crippen LogP contribution < -0.4 is 5.32 Å². The van der Waals surface area contributed by atoms with E-state index in [-0.39, 0.29) is 12.1 Å². The summed E-state index contributed by atoms with van der Waals surface area (Å²) in [5.41, 5.74) is 0.600. The van der Waals surface area contributed by atoms with Crippen LogP contribution in [0.2, 0.25) is 0 Å². The number of alkyl halides is 2. The molecule has 2 N–H and O–H groups in total. The van der Waals surface area contributed by atoms with E-state index >= 15 is 0 Å². The molecule has 0 fully saturated rings. The fourth-order valence-electron chi connectivity index (χ4n) is 1.58. The number of hydrogen-bond donors (Lipinski definition) is 2. The lowest BCUT2D eigenvalue weighted by Crippen LogP contribution is -2.00. The summed E-state index contributed by atoms with van der Waals surface area (Å²) >= 11 is 0.450. The second-order valence-corrected chi connectivity index (χ2v) is 4.87. The normalized spacial score (nSPS) is 10.8. The summed E-state index contributed by atoms with van der Waals surface area (Å²) in [6.45, 7) is 0.216. The molecular formula is C13H11F2NO3S. The van der Waals surface area contributed by atoms with E-state index in [4.69, 9.17) is 9.52 Å². The van der Waals surface area contributed by atoms with E-state index in [1.54, 1.807) is 24.3 Å². The number of nitrogens with one attached hydrogen (secondary N) is 1. The van der Waals surface area contributed by atoms with Crippen molar-refractivity contribution in [3.8, 4) is 0 Å². The Hall–Kier alpha value is -2.02. The topological polar surface area (TPSA) is 62.5 Å². The van der Waals surface area contributed by atoms with E-state index in [9.17, 15) is 13.6 Å². The van der Waals surface area contributed by atoms with Crippen molar-refractivity contribution < 1.29 is 23.1 Å². The number of carboxylic acid groups (broad SMARTS) is 1. The number of thioether (sulfide) groups is 1. The van der Waals surface area contributed by atoms with Gasteiger partial charge < -0.3 is 14.8 Å². The Morgan fingerprint density at radius 2 is 2.15 bits per heavy atom. The Balaban J connectivity index is 2.04. The molecule has 2 aromatic rings. The van der Waals surface area contributed by atoms with Crippen molar-refractivity contribution in [3.63, 3.8) is 0 Å². The van der Waals surface area contributed by atoms with E-state index in [1.165, 1.54) is 6.07 Å². The number of benzene rings is 1. The van der Waals surface area contributed by atoms with Crippen LogP contribution in [-0.4, -0.2) is 16.8 Å². The largest absolute Gasteiger partial charge is 0.478 e. The third-order valence-corrected chi connectivity index (χ3v) is 3.24. The lowest BCUT2D eigenvalue weighted by Gasteiger charge is -2.09. The number of carboxylic acids is 1. The number of hydrogen-bond acceptors (Lipinski definition) is 4. The molecule has 0 saturated carbocycles. The van der Waals surface area contributed by atoms with Gasteiger partial charge in [0.05, 0.1) is 12.1 Å². The zero-order valence-corrected chi connectivity index (χ0v) is 11.0. The van der Waals surface area contributed by atoms with Gasteiger partial charge in [-0.3, -0.25) is 0 Å². The highest BCUT2D eigenvalue weighted by atomic mass is 32.2. The summed E-state index contributed by atoms with van der Waals surface area (Å²) in [5.74, 6) is -3.16. The van der Waals surface area contributed by atoms with Crippen LogP contribution in [0.15, 0.2) is 45.9 Å². The quantitative estimate of drug-likeness (QED) is 0.792. The maximum Gasteiger partial charge on any atom is 0.338 e. The third kappa shape index (κ3) is 3.74. The van der Waals surface area contributed by atoms with Gasteiger partial charge in [0.15, 0.2) is 0 Å².